The number of benzene rings is 1. The Bertz CT molecular complexity index is 842. The monoisotopic (exact) mass is 363 g/mol. The van der Waals surface area contributed by atoms with Gasteiger partial charge in [-0.05, 0) is 47.9 Å². The summed E-state index contributed by atoms with van der Waals surface area (Å²) < 4.78 is 0. The van der Waals surface area contributed by atoms with Crippen LogP contribution >= 0.6 is 11.3 Å². The van der Waals surface area contributed by atoms with E-state index < -0.39 is 11.9 Å². The zero-order valence-corrected chi connectivity index (χ0v) is 15.2. The number of nitrogens with zero attached hydrogens (tertiary/aromatic N) is 1. The number of carbonyl (C=O) groups is 1. The van der Waals surface area contributed by atoms with E-state index in [0.29, 0.717) is 6.42 Å². The molecule has 3 rings (SSSR count). The van der Waals surface area contributed by atoms with Crippen molar-refractivity contribution in [3.05, 3.63) is 94.5 Å². The zero-order chi connectivity index (χ0) is 18.2. The van der Waals surface area contributed by atoms with Gasteiger partial charge in [-0.25, -0.2) is 0 Å². The molecule has 0 fully saturated rings. The normalized spacial score (nSPS) is 12.7. The number of aliphatic carboxylic acids is 1. The van der Waals surface area contributed by atoms with Gasteiger partial charge in [0.2, 0.25) is 0 Å². The minimum absolute atomic E-state index is 0.451. The number of thiophene rings is 1. The number of hydrogen-bond donors (Lipinski definition) is 1. The molecule has 0 aliphatic heterocycles. The first-order chi connectivity index (χ1) is 12.8. The molecule has 3 nitrogen and oxygen atoms in total. The summed E-state index contributed by atoms with van der Waals surface area (Å²) in [4.78, 5) is 17.0. The molecule has 0 saturated heterocycles. The third kappa shape index (κ3) is 4.67. The van der Waals surface area contributed by atoms with Gasteiger partial charge in [-0.3, -0.25) is 9.78 Å². The lowest BCUT2D eigenvalue weighted by molar-refractivity contribution is -0.139. The minimum atomic E-state index is -0.758. The van der Waals surface area contributed by atoms with Gasteiger partial charge in [0.1, 0.15) is 0 Å². The van der Waals surface area contributed by atoms with Gasteiger partial charge in [-0.1, -0.05) is 48.5 Å². The van der Waals surface area contributed by atoms with Crippen LogP contribution in [-0.4, -0.2) is 16.1 Å². The summed E-state index contributed by atoms with van der Waals surface area (Å²) in [5.74, 6) is -1.21. The van der Waals surface area contributed by atoms with Crippen molar-refractivity contribution in [2.75, 3.05) is 0 Å². The second-order valence-corrected chi connectivity index (χ2v) is 7.02. The van der Waals surface area contributed by atoms with E-state index in [9.17, 15) is 9.90 Å². The fourth-order valence-electron chi connectivity index (χ4n) is 3.00. The van der Waals surface area contributed by atoms with Gasteiger partial charge in [0.15, 0.2) is 0 Å². The molecule has 0 bridgehead atoms. The Hall–Kier alpha value is -2.72. The molecule has 0 aliphatic carbocycles. The lowest BCUT2D eigenvalue weighted by Gasteiger charge is -2.12. The molecule has 0 radical (unpaired) electrons. The molecule has 1 N–H and O–H groups in total. The molecular formula is C22H21NO2S. The first-order valence-corrected chi connectivity index (χ1v) is 9.56. The van der Waals surface area contributed by atoms with Crippen LogP contribution in [0.4, 0.5) is 0 Å². The van der Waals surface area contributed by atoms with Crippen molar-refractivity contribution in [3.8, 4) is 0 Å². The predicted octanol–water partition coefficient (Wildman–Crippen LogP) is 5.61. The fourth-order valence-corrected chi connectivity index (χ4v) is 3.79. The summed E-state index contributed by atoms with van der Waals surface area (Å²) >= 11 is 1.70. The highest BCUT2D eigenvalue weighted by molar-refractivity contribution is 7.11. The lowest BCUT2D eigenvalue weighted by atomic mass is 9.93. The number of unbranched alkanes of at least 4 members (excludes halogenated alkanes) is 1. The van der Waals surface area contributed by atoms with Crippen LogP contribution in [0.25, 0.3) is 5.57 Å². The maximum atomic E-state index is 11.6. The van der Waals surface area contributed by atoms with E-state index >= 15 is 0 Å². The number of pyridine rings is 1. The molecule has 2 heterocycles. The van der Waals surface area contributed by atoms with Gasteiger partial charge >= 0.3 is 5.97 Å². The summed E-state index contributed by atoms with van der Waals surface area (Å²) in [6.45, 7) is 0. The molecule has 1 aromatic carbocycles. The van der Waals surface area contributed by atoms with Gasteiger partial charge in [-0.15, -0.1) is 11.3 Å². The summed E-state index contributed by atoms with van der Waals surface area (Å²) in [6, 6.07) is 17.6. The predicted molar refractivity (Wildman–Crippen MR) is 106 cm³/mol. The maximum Gasteiger partial charge on any atom is 0.310 e. The van der Waals surface area contributed by atoms with Crippen molar-refractivity contribution in [2.24, 2.45) is 0 Å². The molecule has 0 amide bonds. The number of allylic oxidation sites excluding steroid dienone is 1. The smallest absolute Gasteiger partial charge is 0.310 e. The number of carboxylic acids is 1. The van der Waals surface area contributed by atoms with Crippen LogP contribution in [0, 0.1) is 0 Å². The van der Waals surface area contributed by atoms with Gasteiger partial charge in [0, 0.05) is 22.8 Å². The largest absolute Gasteiger partial charge is 0.481 e. The van der Waals surface area contributed by atoms with Gasteiger partial charge in [-0.2, -0.15) is 0 Å². The van der Waals surface area contributed by atoms with E-state index in [1.807, 2.05) is 48.7 Å². The van der Waals surface area contributed by atoms with Crippen molar-refractivity contribution in [3.63, 3.8) is 0 Å². The second kappa shape index (κ2) is 9.11. The summed E-state index contributed by atoms with van der Waals surface area (Å²) in [7, 11) is 0. The fraction of sp³-hybridized carbons (Fsp3) is 0.182. The van der Waals surface area contributed by atoms with E-state index in [2.05, 4.69) is 28.6 Å². The first kappa shape index (κ1) is 18.1. The minimum Gasteiger partial charge on any atom is -0.481 e. The van der Waals surface area contributed by atoms with E-state index in [-0.39, 0.29) is 0 Å². The third-order valence-corrected chi connectivity index (χ3v) is 5.21. The van der Waals surface area contributed by atoms with Gasteiger partial charge in [0.05, 0.1) is 5.92 Å². The van der Waals surface area contributed by atoms with Crippen molar-refractivity contribution in [2.45, 2.75) is 25.2 Å². The van der Waals surface area contributed by atoms with Crippen LogP contribution in [0.3, 0.4) is 0 Å². The van der Waals surface area contributed by atoms with Crippen molar-refractivity contribution in [1.29, 1.82) is 0 Å². The Balaban J connectivity index is 1.70. The Morgan fingerprint density at radius 2 is 1.96 bits per heavy atom. The quantitative estimate of drug-likeness (QED) is 0.529. The average Bonchev–Trinajstić information content (AvgIpc) is 3.20. The Morgan fingerprint density at radius 1 is 1.12 bits per heavy atom. The van der Waals surface area contributed by atoms with Crippen LogP contribution in [0.1, 0.15) is 41.2 Å². The van der Waals surface area contributed by atoms with Crippen molar-refractivity contribution in [1.82, 2.24) is 4.98 Å². The highest BCUT2D eigenvalue weighted by Gasteiger charge is 2.18. The van der Waals surface area contributed by atoms with Crippen molar-refractivity contribution < 1.29 is 9.90 Å². The highest BCUT2D eigenvalue weighted by atomic mass is 32.1. The molecule has 26 heavy (non-hydrogen) atoms. The molecule has 3 aromatic rings. The molecule has 0 spiro atoms. The number of carboxylic acid groups (broad SMARTS) is 1. The van der Waals surface area contributed by atoms with Gasteiger partial charge in [0.25, 0.3) is 0 Å². The van der Waals surface area contributed by atoms with Crippen LogP contribution in [0.2, 0.25) is 0 Å². The number of rotatable bonds is 8. The molecule has 4 heteroatoms. The molecule has 0 aliphatic rings. The average molecular weight is 363 g/mol. The Labute approximate surface area is 157 Å². The van der Waals surface area contributed by atoms with Gasteiger partial charge < -0.3 is 5.11 Å². The van der Waals surface area contributed by atoms with E-state index in [1.54, 1.807) is 17.5 Å². The summed E-state index contributed by atoms with van der Waals surface area (Å²) in [6.07, 6.45) is 8.12. The standard InChI is InChI=1S/C22H21NO2S/c24-22(25)20(17-8-2-1-3-9-17)12-5-4-11-19(21-13-7-15-26-21)18-10-6-14-23-16-18/h1-3,6-11,13-16,20H,4-5,12H2,(H,24,25)/b19-11-. The molecule has 1 atom stereocenters. The second-order valence-electron chi connectivity index (χ2n) is 6.07. The molecule has 1 unspecified atom stereocenters. The zero-order valence-electron chi connectivity index (χ0n) is 14.4. The molecule has 0 saturated carbocycles. The van der Waals surface area contributed by atoms with Crippen LogP contribution in [0.5, 0.6) is 0 Å². The van der Waals surface area contributed by atoms with Crippen LogP contribution in [-0.2, 0) is 4.79 Å². The molecule has 2 aromatic heterocycles. The molecular weight excluding hydrogens is 342 g/mol. The van der Waals surface area contributed by atoms with E-state index in [4.69, 9.17) is 0 Å². The topological polar surface area (TPSA) is 50.2 Å². The van der Waals surface area contributed by atoms with Crippen LogP contribution in [0.15, 0.2) is 78.4 Å². The van der Waals surface area contributed by atoms with Crippen molar-refractivity contribution >= 4 is 22.9 Å². The lowest BCUT2D eigenvalue weighted by Crippen LogP contribution is -2.11. The third-order valence-electron chi connectivity index (χ3n) is 4.30. The maximum absolute atomic E-state index is 11.6. The summed E-state index contributed by atoms with van der Waals surface area (Å²) in [5.41, 5.74) is 3.13. The van der Waals surface area contributed by atoms with E-state index in [1.165, 1.54) is 10.5 Å². The number of hydrogen-bond acceptors (Lipinski definition) is 3. The Morgan fingerprint density at radius 3 is 2.62 bits per heavy atom. The number of aromatic nitrogens is 1. The van der Waals surface area contributed by atoms with E-state index in [0.717, 1.165) is 24.0 Å². The molecule has 132 valence electrons. The Kier molecular flexibility index (Phi) is 6.34. The first-order valence-electron chi connectivity index (χ1n) is 8.68. The highest BCUT2D eigenvalue weighted by Crippen LogP contribution is 2.28. The van der Waals surface area contributed by atoms with Crippen LogP contribution < -0.4 is 0 Å². The SMILES string of the molecule is O=C(O)C(CCC/C=C(/c1cccnc1)c1cccs1)c1ccccc1. The summed E-state index contributed by atoms with van der Waals surface area (Å²) in [5, 5.41) is 11.6.